The van der Waals surface area contributed by atoms with Gasteiger partial charge in [-0.15, -0.1) is 0 Å². The molecule has 9 rings (SSSR count). The van der Waals surface area contributed by atoms with E-state index < -0.39 is 8.07 Å². The molecule has 0 unspecified atom stereocenters. The molecule has 0 spiro atoms. The molecule has 0 atom stereocenters. The number of rotatable bonds is 6. The number of hydrogen-bond acceptors (Lipinski definition) is 4. The van der Waals surface area contributed by atoms with Crippen molar-refractivity contribution in [3.05, 3.63) is 188 Å². The molecule has 6 aromatic carbocycles. The number of pyridine rings is 1. The molecule has 50 heavy (non-hydrogen) atoms. The third-order valence-corrected chi connectivity index (χ3v) is 14.3. The Morgan fingerprint density at radius 2 is 1.02 bits per heavy atom. The maximum absolute atomic E-state index is 6.96. The van der Waals surface area contributed by atoms with Crippen LogP contribution in [0.25, 0.3) is 45.0 Å². The number of fused-ring (bicyclic) bond motifs is 2. The second kappa shape index (κ2) is 12.5. The van der Waals surface area contributed by atoms with Crippen LogP contribution in [0.3, 0.4) is 0 Å². The highest BCUT2D eigenvalue weighted by atomic mass is 28.3. The van der Waals surface area contributed by atoms with Gasteiger partial charge in [0.1, 0.15) is 11.5 Å². The standard InChI is InChI=1S/C45H31N3OSi/c1-4-15-32(16-5-1)39-30-40(35-19-14-28-46-31-35)48-45(47-39)34-18-12-17-33(29-34)38-24-13-27-43-44(38)49-41-25-10-11-26-42(41)50(43,36-20-6-2-7-21-36)37-22-8-3-9-23-37/h1-31H. The van der Waals surface area contributed by atoms with E-state index in [4.69, 9.17) is 14.7 Å². The van der Waals surface area contributed by atoms with Crippen molar-refractivity contribution in [3.8, 4) is 56.5 Å². The normalized spacial score (nSPS) is 12.7. The van der Waals surface area contributed by atoms with Crippen LogP contribution < -0.4 is 25.5 Å². The lowest BCUT2D eigenvalue weighted by Gasteiger charge is -2.40. The number of benzene rings is 6. The SMILES string of the molecule is c1ccc(-c2cc(-c3cccnc3)nc(-c3cccc(-c4cccc5c4Oc4ccccc4[Si]5(c4ccccc4)c4ccccc4)c3)n2)cc1. The summed E-state index contributed by atoms with van der Waals surface area (Å²) < 4.78 is 6.96. The fourth-order valence-corrected chi connectivity index (χ4v) is 12.3. The summed E-state index contributed by atoms with van der Waals surface area (Å²) in [6.45, 7) is 0. The molecule has 0 saturated carbocycles. The van der Waals surface area contributed by atoms with Gasteiger partial charge in [0.25, 0.3) is 0 Å². The monoisotopic (exact) mass is 657 g/mol. The minimum absolute atomic E-state index is 0.653. The molecule has 5 heteroatoms. The van der Waals surface area contributed by atoms with Crippen molar-refractivity contribution in [2.45, 2.75) is 0 Å². The molecular weight excluding hydrogens is 627 g/mol. The van der Waals surface area contributed by atoms with Gasteiger partial charge in [-0.1, -0.05) is 146 Å². The molecule has 8 aromatic rings. The molecule has 3 heterocycles. The summed E-state index contributed by atoms with van der Waals surface area (Å²) in [7, 11) is -2.76. The molecule has 0 amide bonds. The highest BCUT2D eigenvalue weighted by molar-refractivity contribution is 7.20. The third-order valence-electron chi connectivity index (χ3n) is 9.52. The fourth-order valence-electron chi connectivity index (χ4n) is 7.28. The molecule has 0 fully saturated rings. The lowest BCUT2D eigenvalue weighted by molar-refractivity contribution is 0.489. The zero-order chi connectivity index (χ0) is 33.3. The zero-order valence-corrected chi connectivity index (χ0v) is 28.1. The molecular formula is C45H31N3OSi. The minimum Gasteiger partial charge on any atom is -0.457 e. The Morgan fingerprint density at radius 1 is 0.440 bits per heavy atom. The summed E-state index contributed by atoms with van der Waals surface area (Å²) in [4.78, 5) is 14.5. The molecule has 1 aliphatic rings. The van der Waals surface area contributed by atoms with Crippen LogP contribution in [0.4, 0.5) is 0 Å². The maximum Gasteiger partial charge on any atom is 0.188 e. The molecule has 1 aliphatic heterocycles. The Morgan fingerprint density at radius 3 is 1.74 bits per heavy atom. The Hall–Kier alpha value is -6.43. The van der Waals surface area contributed by atoms with Crippen LogP contribution in [0.1, 0.15) is 0 Å². The fraction of sp³-hybridized carbons (Fsp3) is 0. The first-order valence-electron chi connectivity index (χ1n) is 16.8. The van der Waals surface area contributed by atoms with Crippen LogP contribution in [0, 0.1) is 0 Å². The lowest BCUT2D eigenvalue weighted by atomic mass is 10.0. The van der Waals surface area contributed by atoms with E-state index >= 15 is 0 Å². The number of hydrogen-bond donors (Lipinski definition) is 0. The maximum atomic E-state index is 6.96. The van der Waals surface area contributed by atoms with Gasteiger partial charge in [0.05, 0.1) is 11.4 Å². The summed E-state index contributed by atoms with van der Waals surface area (Å²) in [5.41, 5.74) is 6.66. The van der Waals surface area contributed by atoms with Crippen molar-refractivity contribution in [1.29, 1.82) is 0 Å². The Kier molecular flexibility index (Phi) is 7.45. The summed E-state index contributed by atoms with van der Waals surface area (Å²) in [6.07, 6.45) is 3.62. The molecule has 236 valence electrons. The van der Waals surface area contributed by atoms with Crippen molar-refractivity contribution >= 4 is 28.8 Å². The number of ether oxygens (including phenoxy) is 1. The van der Waals surface area contributed by atoms with Crippen molar-refractivity contribution < 1.29 is 4.74 Å². The van der Waals surface area contributed by atoms with E-state index in [0.29, 0.717) is 5.82 Å². The van der Waals surface area contributed by atoms with Crippen molar-refractivity contribution in [3.63, 3.8) is 0 Å². The average molecular weight is 658 g/mol. The van der Waals surface area contributed by atoms with Crippen LogP contribution in [0.5, 0.6) is 11.5 Å². The summed E-state index contributed by atoms with van der Waals surface area (Å²) in [6, 6.07) is 61.9. The lowest BCUT2D eigenvalue weighted by Crippen LogP contribution is -2.76. The van der Waals surface area contributed by atoms with Gasteiger partial charge in [0.15, 0.2) is 13.9 Å². The van der Waals surface area contributed by atoms with Gasteiger partial charge < -0.3 is 4.74 Å². The molecule has 4 nitrogen and oxygen atoms in total. The minimum atomic E-state index is -2.76. The second-order valence-electron chi connectivity index (χ2n) is 12.4. The predicted molar refractivity (Wildman–Crippen MR) is 205 cm³/mol. The van der Waals surface area contributed by atoms with Crippen LogP contribution >= 0.6 is 0 Å². The molecule has 2 aromatic heterocycles. The highest BCUT2D eigenvalue weighted by Crippen LogP contribution is 2.38. The van der Waals surface area contributed by atoms with E-state index in [9.17, 15) is 0 Å². The topological polar surface area (TPSA) is 47.9 Å². The number of nitrogens with zero attached hydrogens (tertiary/aromatic N) is 3. The molecule has 0 bridgehead atoms. The summed E-state index contributed by atoms with van der Waals surface area (Å²) in [5.74, 6) is 2.46. The molecule has 0 radical (unpaired) electrons. The van der Waals surface area contributed by atoms with Crippen LogP contribution in [0.2, 0.25) is 0 Å². The van der Waals surface area contributed by atoms with Gasteiger partial charge in [0, 0.05) is 34.6 Å². The predicted octanol–water partition coefficient (Wildman–Crippen LogP) is 8.02. The molecule has 0 saturated heterocycles. The molecule has 0 aliphatic carbocycles. The van der Waals surface area contributed by atoms with E-state index in [0.717, 1.165) is 50.7 Å². The van der Waals surface area contributed by atoms with Crippen molar-refractivity contribution in [2.24, 2.45) is 0 Å². The highest BCUT2D eigenvalue weighted by Gasteiger charge is 2.48. The molecule has 0 N–H and O–H groups in total. The van der Waals surface area contributed by atoms with Gasteiger partial charge in [0.2, 0.25) is 0 Å². The first kappa shape index (κ1) is 29.7. The Bertz CT molecular complexity index is 2360. The third kappa shape index (κ3) is 5.03. The zero-order valence-electron chi connectivity index (χ0n) is 27.1. The van der Waals surface area contributed by atoms with Crippen LogP contribution in [-0.2, 0) is 0 Å². The summed E-state index contributed by atoms with van der Waals surface area (Å²) >= 11 is 0. The first-order valence-corrected chi connectivity index (χ1v) is 18.8. The smallest absolute Gasteiger partial charge is 0.188 e. The second-order valence-corrected chi connectivity index (χ2v) is 16.1. The van der Waals surface area contributed by atoms with Gasteiger partial charge in [-0.2, -0.15) is 0 Å². The Balaban J connectivity index is 1.25. The Labute approximate surface area is 292 Å². The van der Waals surface area contributed by atoms with E-state index in [-0.39, 0.29) is 0 Å². The van der Waals surface area contributed by atoms with Crippen molar-refractivity contribution in [1.82, 2.24) is 15.0 Å². The number of aromatic nitrogens is 3. The van der Waals surface area contributed by atoms with E-state index in [1.165, 1.54) is 20.7 Å². The van der Waals surface area contributed by atoms with Crippen molar-refractivity contribution in [2.75, 3.05) is 0 Å². The van der Waals surface area contributed by atoms with Crippen LogP contribution in [-0.4, -0.2) is 23.0 Å². The van der Waals surface area contributed by atoms with E-state index in [1.807, 2.05) is 42.6 Å². The van der Waals surface area contributed by atoms with Crippen LogP contribution in [0.15, 0.2) is 188 Å². The van der Waals surface area contributed by atoms with E-state index in [2.05, 4.69) is 145 Å². The largest absolute Gasteiger partial charge is 0.457 e. The summed E-state index contributed by atoms with van der Waals surface area (Å²) in [5, 5.41) is 5.13. The first-order chi connectivity index (χ1) is 24.8. The van der Waals surface area contributed by atoms with Gasteiger partial charge >= 0.3 is 0 Å². The average Bonchev–Trinajstić information content (AvgIpc) is 3.21. The van der Waals surface area contributed by atoms with E-state index in [1.54, 1.807) is 6.20 Å². The number of para-hydroxylation sites is 2. The van der Waals surface area contributed by atoms with Gasteiger partial charge in [-0.25, -0.2) is 9.97 Å². The quantitative estimate of drug-likeness (QED) is 0.170. The van der Waals surface area contributed by atoms with Gasteiger partial charge in [-0.3, -0.25) is 4.98 Å². The van der Waals surface area contributed by atoms with Gasteiger partial charge in [-0.05, 0) is 56.6 Å².